The Labute approximate surface area is 93.4 Å². The summed E-state index contributed by atoms with van der Waals surface area (Å²) in [4.78, 5) is 0.0228. The van der Waals surface area contributed by atoms with E-state index in [-0.39, 0.29) is 4.90 Å². The SMILES string of the molecule is O=S(=O)(Cl)c1ccc(I)c(Cl)c1. The molecule has 12 heavy (non-hydrogen) atoms. The van der Waals surface area contributed by atoms with Gasteiger partial charge >= 0.3 is 0 Å². The van der Waals surface area contributed by atoms with Crippen molar-refractivity contribution in [2.75, 3.05) is 0 Å². The minimum Gasteiger partial charge on any atom is -0.207 e. The lowest BCUT2D eigenvalue weighted by Gasteiger charge is -1.98. The molecule has 0 N–H and O–H groups in total. The van der Waals surface area contributed by atoms with Gasteiger partial charge in [0.15, 0.2) is 0 Å². The maximum absolute atomic E-state index is 10.8. The molecule has 1 aromatic carbocycles. The number of hydrogen-bond acceptors (Lipinski definition) is 2. The Hall–Kier alpha value is 0.480. The van der Waals surface area contributed by atoms with Gasteiger partial charge in [0.05, 0.1) is 9.92 Å². The monoisotopic (exact) mass is 336 g/mol. The second kappa shape index (κ2) is 3.69. The Morgan fingerprint density at radius 1 is 1.33 bits per heavy atom. The van der Waals surface area contributed by atoms with Gasteiger partial charge in [-0.1, -0.05) is 11.6 Å². The zero-order valence-electron chi connectivity index (χ0n) is 5.59. The van der Waals surface area contributed by atoms with Gasteiger partial charge in [0, 0.05) is 14.3 Å². The molecule has 2 nitrogen and oxygen atoms in total. The van der Waals surface area contributed by atoms with Crippen LogP contribution in [0.25, 0.3) is 0 Å². The molecule has 1 aromatic rings. The molecule has 0 unspecified atom stereocenters. The Bertz CT molecular complexity index is 402. The summed E-state index contributed by atoms with van der Waals surface area (Å²) in [7, 11) is 1.44. The van der Waals surface area contributed by atoms with Crippen molar-refractivity contribution < 1.29 is 8.42 Å². The normalized spacial score (nSPS) is 11.6. The third-order valence-electron chi connectivity index (χ3n) is 1.17. The molecule has 0 aliphatic carbocycles. The fourth-order valence-electron chi connectivity index (χ4n) is 0.629. The van der Waals surface area contributed by atoms with Gasteiger partial charge in [0.1, 0.15) is 0 Å². The molecule has 0 radical (unpaired) electrons. The topological polar surface area (TPSA) is 34.1 Å². The van der Waals surface area contributed by atoms with Crippen LogP contribution < -0.4 is 0 Å². The summed E-state index contributed by atoms with van der Waals surface area (Å²) in [6.45, 7) is 0. The van der Waals surface area contributed by atoms with E-state index in [2.05, 4.69) is 0 Å². The zero-order chi connectivity index (χ0) is 9.35. The van der Waals surface area contributed by atoms with Crippen LogP contribution in [0.15, 0.2) is 23.1 Å². The van der Waals surface area contributed by atoms with Crippen molar-refractivity contribution in [2.24, 2.45) is 0 Å². The maximum atomic E-state index is 10.8. The number of benzene rings is 1. The quantitative estimate of drug-likeness (QED) is 0.583. The molecule has 6 heteroatoms. The Balaban J connectivity index is 3.33. The van der Waals surface area contributed by atoms with Crippen LogP contribution in [0.2, 0.25) is 5.02 Å². The first kappa shape index (κ1) is 10.6. The van der Waals surface area contributed by atoms with Crippen molar-refractivity contribution in [1.29, 1.82) is 0 Å². The summed E-state index contributed by atoms with van der Waals surface area (Å²) in [6, 6.07) is 4.33. The molecule has 0 heterocycles. The van der Waals surface area contributed by atoms with Crippen molar-refractivity contribution in [1.82, 2.24) is 0 Å². The second-order valence-corrected chi connectivity index (χ2v) is 6.15. The first-order chi connectivity index (χ1) is 5.41. The Morgan fingerprint density at radius 2 is 1.92 bits per heavy atom. The van der Waals surface area contributed by atoms with E-state index in [1.165, 1.54) is 12.1 Å². The van der Waals surface area contributed by atoms with E-state index in [9.17, 15) is 8.42 Å². The van der Waals surface area contributed by atoms with Gasteiger partial charge in [-0.25, -0.2) is 8.42 Å². The highest BCUT2D eigenvalue weighted by atomic mass is 127. The van der Waals surface area contributed by atoms with Gasteiger partial charge in [-0.15, -0.1) is 0 Å². The van der Waals surface area contributed by atoms with Crippen molar-refractivity contribution >= 4 is 53.9 Å². The van der Waals surface area contributed by atoms with Gasteiger partial charge in [-0.3, -0.25) is 0 Å². The maximum Gasteiger partial charge on any atom is 0.261 e. The lowest BCUT2D eigenvalue weighted by molar-refractivity contribution is 0.609. The molecular formula is C6H3Cl2IO2S. The minimum atomic E-state index is -3.66. The summed E-state index contributed by atoms with van der Waals surface area (Å²) in [5.74, 6) is 0. The molecule has 0 bridgehead atoms. The fourth-order valence-corrected chi connectivity index (χ4v) is 1.99. The summed E-state index contributed by atoms with van der Waals surface area (Å²) in [6.07, 6.45) is 0. The molecular weight excluding hydrogens is 334 g/mol. The number of halogens is 3. The molecule has 0 fully saturated rings. The van der Waals surface area contributed by atoms with E-state index in [0.29, 0.717) is 5.02 Å². The summed E-state index contributed by atoms with van der Waals surface area (Å²) >= 11 is 7.69. The van der Waals surface area contributed by atoms with E-state index in [1.807, 2.05) is 22.6 Å². The van der Waals surface area contributed by atoms with Gasteiger partial charge in [0.2, 0.25) is 0 Å². The molecule has 1 rings (SSSR count). The van der Waals surface area contributed by atoms with Crippen LogP contribution in [-0.4, -0.2) is 8.42 Å². The minimum absolute atomic E-state index is 0.0228. The van der Waals surface area contributed by atoms with Crippen molar-refractivity contribution in [3.05, 3.63) is 26.8 Å². The van der Waals surface area contributed by atoms with Gasteiger partial charge in [-0.2, -0.15) is 0 Å². The third-order valence-corrected chi connectivity index (χ3v) is 4.10. The Morgan fingerprint density at radius 3 is 2.33 bits per heavy atom. The molecule has 0 aliphatic heterocycles. The standard InChI is InChI=1S/C6H3Cl2IO2S/c7-5-3-4(12(8,10)11)1-2-6(5)9/h1-3H. The van der Waals surface area contributed by atoms with E-state index in [1.54, 1.807) is 6.07 Å². The molecule has 0 spiro atoms. The van der Waals surface area contributed by atoms with E-state index in [0.717, 1.165) is 3.57 Å². The van der Waals surface area contributed by atoms with Crippen LogP contribution in [-0.2, 0) is 9.05 Å². The average molecular weight is 337 g/mol. The molecule has 0 saturated carbocycles. The smallest absolute Gasteiger partial charge is 0.207 e. The van der Waals surface area contributed by atoms with Crippen molar-refractivity contribution in [2.45, 2.75) is 4.90 Å². The van der Waals surface area contributed by atoms with Crippen LogP contribution >= 0.6 is 44.9 Å². The summed E-state index contributed by atoms with van der Waals surface area (Å²) in [5, 5.41) is 0.386. The second-order valence-electron chi connectivity index (χ2n) is 2.01. The van der Waals surface area contributed by atoms with Gasteiger partial charge < -0.3 is 0 Å². The first-order valence-electron chi connectivity index (χ1n) is 2.81. The van der Waals surface area contributed by atoms with Gasteiger partial charge in [0.25, 0.3) is 9.05 Å². The Kier molecular flexibility index (Phi) is 3.25. The molecule has 0 aromatic heterocycles. The van der Waals surface area contributed by atoms with E-state index >= 15 is 0 Å². The predicted octanol–water partition coefficient (Wildman–Crippen LogP) is 2.87. The van der Waals surface area contributed by atoms with E-state index in [4.69, 9.17) is 22.3 Å². The molecule has 66 valence electrons. The van der Waals surface area contributed by atoms with Crippen molar-refractivity contribution in [3.8, 4) is 0 Å². The lowest BCUT2D eigenvalue weighted by Crippen LogP contribution is -1.90. The number of rotatable bonds is 1. The van der Waals surface area contributed by atoms with Crippen LogP contribution in [0.3, 0.4) is 0 Å². The highest BCUT2D eigenvalue weighted by Gasteiger charge is 2.10. The molecule has 0 aliphatic rings. The van der Waals surface area contributed by atoms with Crippen LogP contribution in [0.4, 0.5) is 0 Å². The lowest BCUT2D eigenvalue weighted by atomic mass is 10.4. The van der Waals surface area contributed by atoms with E-state index < -0.39 is 9.05 Å². The molecule has 0 amide bonds. The number of hydrogen-bond donors (Lipinski definition) is 0. The van der Waals surface area contributed by atoms with Crippen molar-refractivity contribution in [3.63, 3.8) is 0 Å². The highest BCUT2D eigenvalue weighted by Crippen LogP contribution is 2.23. The zero-order valence-corrected chi connectivity index (χ0v) is 10.1. The highest BCUT2D eigenvalue weighted by molar-refractivity contribution is 14.1. The van der Waals surface area contributed by atoms with Crippen LogP contribution in [0.1, 0.15) is 0 Å². The largest absolute Gasteiger partial charge is 0.261 e. The molecule has 0 saturated heterocycles. The van der Waals surface area contributed by atoms with Gasteiger partial charge in [-0.05, 0) is 40.8 Å². The average Bonchev–Trinajstić information content (AvgIpc) is 1.92. The predicted molar refractivity (Wildman–Crippen MR) is 57.2 cm³/mol. The fraction of sp³-hybridized carbons (Fsp3) is 0. The van der Waals surface area contributed by atoms with Crippen LogP contribution in [0.5, 0.6) is 0 Å². The summed E-state index contributed by atoms with van der Waals surface area (Å²) < 4.78 is 22.4. The summed E-state index contributed by atoms with van der Waals surface area (Å²) in [5.41, 5.74) is 0. The molecule has 0 atom stereocenters. The van der Waals surface area contributed by atoms with Crippen LogP contribution in [0, 0.1) is 3.57 Å². The first-order valence-corrected chi connectivity index (χ1v) is 6.57. The third kappa shape index (κ3) is 2.48.